The maximum Gasteiger partial charge on any atom is 0.325 e. The van der Waals surface area contributed by atoms with Crippen LogP contribution in [0.4, 0.5) is 16.2 Å². The van der Waals surface area contributed by atoms with Crippen molar-refractivity contribution in [1.29, 1.82) is 0 Å². The molecule has 0 saturated carbocycles. The number of benzene rings is 3. The number of ether oxygens (including phenoxy) is 1. The Morgan fingerprint density at radius 1 is 1.03 bits per heavy atom. The van der Waals surface area contributed by atoms with Crippen LogP contribution in [-0.2, 0) is 14.3 Å². The summed E-state index contributed by atoms with van der Waals surface area (Å²) in [4.78, 5) is 44.1. The standard InChI is InChI=1S/C27H26N4O4/c1-3-35-24(32)17-31(25-26(33)30-23-12-8-7-11-20(23)16-28-25)27(34)29-22-14-18(2)13-21(15-22)19-9-5-4-6-10-19/h4-16,25H,3,17H2,1-2H3,(H,29,34)(H,30,33). The number of esters is 1. The number of para-hydroxylation sites is 1. The SMILES string of the molecule is CCOC(=O)CN(C(=O)Nc1cc(C)cc(-c2ccccc2)c1)C1N=Cc2ccccc2NC1=O. The summed E-state index contributed by atoms with van der Waals surface area (Å²) in [6.45, 7) is 3.31. The van der Waals surface area contributed by atoms with Crippen LogP contribution >= 0.6 is 0 Å². The van der Waals surface area contributed by atoms with E-state index in [-0.39, 0.29) is 6.61 Å². The summed E-state index contributed by atoms with van der Waals surface area (Å²) in [6.07, 6.45) is 0.258. The molecule has 1 unspecified atom stereocenters. The predicted octanol–water partition coefficient (Wildman–Crippen LogP) is 4.46. The van der Waals surface area contributed by atoms with Gasteiger partial charge in [-0.25, -0.2) is 4.79 Å². The molecule has 1 heterocycles. The molecule has 2 N–H and O–H groups in total. The number of fused-ring (bicyclic) bond motifs is 1. The monoisotopic (exact) mass is 470 g/mol. The van der Waals surface area contributed by atoms with Crippen LogP contribution in [0.25, 0.3) is 11.1 Å². The van der Waals surface area contributed by atoms with Crippen molar-refractivity contribution >= 4 is 35.5 Å². The second-order valence-electron chi connectivity index (χ2n) is 8.05. The highest BCUT2D eigenvalue weighted by molar-refractivity contribution is 6.05. The molecule has 0 aromatic heterocycles. The quantitative estimate of drug-likeness (QED) is 0.520. The molecule has 1 aliphatic rings. The number of aryl methyl sites for hydroxylation is 1. The lowest BCUT2D eigenvalue weighted by atomic mass is 10.0. The minimum Gasteiger partial charge on any atom is -0.465 e. The number of nitrogens with zero attached hydrogens (tertiary/aromatic N) is 2. The number of hydrogen-bond acceptors (Lipinski definition) is 5. The largest absolute Gasteiger partial charge is 0.465 e. The fourth-order valence-electron chi connectivity index (χ4n) is 3.82. The number of rotatable bonds is 6. The number of carbonyl (C=O) groups is 3. The van der Waals surface area contributed by atoms with Gasteiger partial charge >= 0.3 is 12.0 Å². The summed E-state index contributed by atoms with van der Waals surface area (Å²) >= 11 is 0. The van der Waals surface area contributed by atoms with Gasteiger partial charge in [-0.1, -0.05) is 54.6 Å². The van der Waals surface area contributed by atoms with Crippen molar-refractivity contribution in [1.82, 2.24) is 4.90 Å². The smallest absolute Gasteiger partial charge is 0.325 e. The van der Waals surface area contributed by atoms with Gasteiger partial charge in [-0.3, -0.25) is 19.5 Å². The van der Waals surface area contributed by atoms with Gasteiger partial charge < -0.3 is 15.4 Å². The minimum absolute atomic E-state index is 0.151. The van der Waals surface area contributed by atoms with Crippen LogP contribution in [0.5, 0.6) is 0 Å². The highest BCUT2D eigenvalue weighted by Gasteiger charge is 2.33. The molecule has 0 saturated heterocycles. The lowest BCUT2D eigenvalue weighted by molar-refractivity contribution is -0.144. The van der Waals surface area contributed by atoms with Crippen molar-refractivity contribution in [3.63, 3.8) is 0 Å². The summed E-state index contributed by atoms with van der Waals surface area (Å²) in [6, 6.07) is 22.0. The number of nitrogens with one attached hydrogen (secondary N) is 2. The molecule has 0 aliphatic carbocycles. The zero-order chi connectivity index (χ0) is 24.8. The molecular weight excluding hydrogens is 444 g/mol. The van der Waals surface area contributed by atoms with Crippen molar-refractivity contribution in [2.45, 2.75) is 20.0 Å². The number of aliphatic imine (C=N–C) groups is 1. The van der Waals surface area contributed by atoms with Crippen molar-refractivity contribution in [3.8, 4) is 11.1 Å². The van der Waals surface area contributed by atoms with Gasteiger partial charge in [-0.15, -0.1) is 0 Å². The summed E-state index contributed by atoms with van der Waals surface area (Å²) in [7, 11) is 0. The molecule has 8 heteroatoms. The molecule has 0 radical (unpaired) electrons. The van der Waals surface area contributed by atoms with Gasteiger partial charge in [0, 0.05) is 23.2 Å². The van der Waals surface area contributed by atoms with Gasteiger partial charge in [0.1, 0.15) is 6.54 Å². The summed E-state index contributed by atoms with van der Waals surface area (Å²) < 4.78 is 5.04. The first-order valence-electron chi connectivity index (χ1n) is 11.3. The fraction of sp³-hybridized carbons (Fsp3) is 0.185. The van der Waals surface area contributed by atoms with E-state index in [1.807, 2.05) is 61.5 Å². The van der Waals surface area contributed by atoms with Gasteiger partial charge in [0.25, 0.3) is 5.91 Å². The highest BCUT2D eigenvalue weighted by Crippen LogP contribution is 2.25. The second kappa shape index (κ2) is 10.6. The molecule has 4 rings (SSSR count). The molecule has 1 aliphatic heterocycles. The van der Waals surface area contributed by atoms with Crippen LogP contribution in [0.3, 0.4) is 0 Å². The average Bonchev–Trinajstić information content (AvgIpc) is 3.01. The van der Waals surface area contributed by atoms with E-state index >= 15 is 0 Å². The van der Waals surface area contributed by atoms with Crippen molar-refractivity contribution < 1.29 is 19.1 Å². The molecule has 3 aromatic rings. The minimum atomic E-state index is -1.26. The lowest BCUT2D eigenvalue weighted by Crippen LogP contribution is -2.50. The van der Waals surface area contributed by atoms with E-state index in [4.69, 9.17) is 4.74 Å². The van der Waals surface area contributed by atoms with Crippen LogP contribution in [0.2, 0.25) is 0 Å². The van der Waals surface area contributed by atoms with Crippen molar-refractivity contribution in [2.24, 2.45) is 4.99 Å². The zero-order valence-electron chi connectivity index (χ0n) is 19.5. The molecule has 3 aromatic carbocycles. The fourth-order valence-corrected chi connectivity index (χ4v) is 3.82. The van der Waals surface area contributed by atoms with Crippen LogP contribution in [0, 0.1) is 6.92 Å². The number of amides is 3. The Morgan fingerprint density at radius 2 is 1.77 bits per heavy atom. The first-order valence-corrected chi connectivity index (χ1v) is 11.3. The first-order chi connectivity index (χ1) is 16.9. The van der Waals surface area contributed by atoms with E-state index in [1.54, 1.807) is 25.1 Å². The first kappa shape index (κ1) is 23.7. The Labute approximate surface area is 203 Å². The average molecular weight is 471 g/mol. The van der Waals surface area contributed by atoms with E-state index < -0.39 is 30.6 Å². The molecule has 8 nitrogen and oxygen atoms in total. The lowest BCUT2D eigenvalue weighted by Gasteiger charge is -2.27. The Kier molecular flexibility index (Phi) is 7.21. The Balaban J connectivity index is 1.62. The summed E-state index contributed by atoms with van der Waals surface area (Å²) in [5.74, 6) is -1.17. The Morgan fingerprint density at radius 3 is 2.54 bits per heavy atom. The van der Waals surface area contributed by atoms with Crippen LogP contribution in [0.1, 0.15) is 18.1 Å². The molecule has 178 valence electrons. The van der Waals surface area contributed by atoms with E-state index in [1.165, 1.54) is 6.21 Å². The third-order valence-corrected chi connectivity index (χ3v) is 5.40. The third kappa shape index (κ3) is 5.73. The van der Waals surface area contributed by atoms with Crippen molar-refractivity contribution in [2.75, 3.05) is 23.8 Å². The molecule has 3 amide bonds. The molecule has 0 spiro atoms. The number of urea groups is 1. The number of carbonyl (C=O) groups excluding carboxylic acids is 3. The van der Waals surface area contributed by atoms with E-state index in [0.717, 1.165) is 21.6 Å². The third-order valence-electron chi connectivity index (χ3n) is 5.40. The number of benzodiazepines with no additional fused rings is 1. The Hall–Kier alpha value is -4.46. The second-order valence-corrected chi connectivity index (χ2v) is 8.05. The molecule has 35 heavy (non-hydrogen) atoms. The van der Waals surface area contributed by atoms with Crippen LogP contribution in [-0.4, -0.2) is 48.3 Å². The number of hydrogen-bond donors (Lipinski definition) is 2. The highest BCUT2D eigenvalue weighted by atomic mass is 16.5. The van der Waals surface area contributed by atoms with Crippen LogP contribution in [0.15, 0.2) is 77.8 Å². The van der Waals surface area contributed by atoms with E-state index in [2.05, 4.69) is 15.6 Å². The molecule has 0 bridgehead atoms. The maximum absolute atomic E-state index is 13.4. The molecular formula is C27H26N4O4. The van der Waals surface area contributed by atoms with Gasteiger partial charge in [0.2, 0.25) is 6.17 Å². The molecule has 1 atom stereocenters. The predicted molar refractivity (Wildman–Crippen MR) is 135 cm³/mol. The summed E-state index contributed by atoms with van der Waals surface area (Å²) in [5.41, 5.74) is 4.68. The van der Waals surface area contributed by atoms with Gasteiger partial charge in [0.15, 0.2) is 0 Å². The molecule has 0 fully saturated rings. The van der Waals surface area contributed by atoms with Gasteiger partial charge in [-0.05, 0) is 48.7 Å². The van der Waals surface area contributed by atoms with Crippen molar-refractivity contribution in [3.05, 3.63) is 83.9 Å². The Bertz CT molecular complexity index is 1270. The topological polar surface area (TPSA) is 100 Å². The summed E-state index contributed by atoms with van der Waals surface area (Å²) in [5, 5.41) is 5.60. The normalized spacial score (nSPS) is 14.3. The number of anilines is 2. The van der Waals surface area contributed by atoms with E-state index in [0.29, 0.717) is 16.9 Å². The maximum atomic E-state index is 13.4. The zero-order valence-corrected chi connectivity index (χ0v) is 19.5. The van der Waals surface area contributed by atoms with Gasteiger partial charge in [0.05, 0.1) is 6.61 Å². The van der Waals surface area contributed by atoms with Crippen LogP contribution < -0.4 is 10.6 Å². The van der Waals surface area contributed by atoms with E-state index in [9.17, 15) is 14.4 Å². The van der Waals surface area contributed by atoms with Gasteiger partial charge in [-0.2, -0.15) is 0 Å².